The molecule has 3 nitrogen and oxygen atoms in total. The van der Waals surface area contributed by atoms with Gasteiger partial charge in [0.1, 0.15) is 17.8 Å². The maximum absolute atomic E-state index is 11.5. The Morgan fingerprint density at radius 1 is 1.31 bits per heavy atom. The van der Waals surface area contributed by atoms with Crippen molar-refractivity contribution in [2.75, 3.05) is 18.6 Å². The number of thioether (sulfide) groups is 1. The number of methoxy groups -OCH3 is 1. The molecule has 2 atom stereocenters. The van der Waals surface area contributed by atoms with Crippen LogP contribution in [0.15, 0.2) is 30.3 Å². The van der Waals surface area contributed by atoms with E-state index in [9.17, 15) is 4.79 Å². The van der Waals surface area contributed by atoms with Crippen LogP contribution in [0.4, 0.5) is 0 Å². The summed E-state index contributed by atoms with van der Waals surface area (Å²) in [5, 5.41) is 0. The Labute approximate surface area is 99.1 Å². The van der Waals surface area contributed by atoms with Crippen LogP contribution in [0.25, 0.3) is 0 Å². The summed E-state index contributed by atoms with van der Waals surface area (Å²) in [5.74, 6) is 2.11. The molecular formula is C12H14O3S. The molecule has 1 aliphatic rings. The maximum Gasteiger partial charge on any atom is 0.313 e. The first kappa shape index (κ1) is 11.3. The van der Waals surface area contributed by atoms with Crippen LogP contribution in [0.1, 0.15) is 0 Å². The minimum Gasteiger partial charge on any atom is -0.489 e. The van der Waals surface area contributed by atoms with E-state index >= 15 is 0 Å². The molecule has 0 radical (unpaired) electrons. The van der Waals surface area contributed by atoms with Crippen molar-refractivity contribution >= 4 is 17.7 Å². The van der Waals surface area contributed by atoms with Gasteiger partial charge in [-0.15, -0.1) is 0 Å². The third-order valence-corrected chi connectivity index (χ3v) is 3.72. The van der Waals surface area contributed by atoms with Gasteiger partial charge in [-0.2, -0.15) is 11.8 Å². The number of hydrogen-bond acceptors (Lipinski definition) is 4. The van der Waals surface area contributed by atoms with Gasteiger partial charge in [-0.05, 0) is 12.1 Å². The lowest BCUT2D eigenvalue weighted by atomic mass is 10.1. The lowest BCUT2D eigenvalue weighted by Gasteiger charge is -2.18. The van der Waals surface area contributed by atoms with E-state index in [4.69, 9.17) is 9.47 Å². The zero-order valence-electron chi connectivity index (χ0n) is 9.09. The summed E-state index contributed by atoms with van der Waals surface area (Å²) in [4.78, 5) is 11.5. The van der Waals surface area contributed by atoms with E-state index in [-0.39, 0.29) is 18.0 Å². The first-order chi connectivity index (χ1) is 7.81. The van der Waals surface area contributed by atoms with Gasteiger partial charge in [-0.1, -0.05) is 18.2 Å². The molecule has 4 heteroatoms. The summed E-state index contributed by atoms with van der Waals surface area (Å²) in [6.07, 6.45) is -0.0696. The lowest BCUT2D eigenvalue weighted by Crippen LogP contribution is -2.32. The zero-order valence-corrected chi connectivity index (χ0v) is 9.91. The molecular weight excluding hydrogens is 224 g/mol. The lowest BCUT2D eigenvalue weighted by molar-refractivity contribution is -0.146. The van der Waals surface area contributed by atoms with E-state index in [1.807, 2.05) is 30.3 Å². The topological polar surface area (TPSA) is 35.5 Å². The summed E-state index contributed by atoms with van der Waals surface area (Å²) in [7, 11) is 1.42. The molecule has 0 aromatic heterocycles. The zero-order chi connectivity index (χ0) is 11.4. The van der Waals surface area contributed by atoms with Crippen LogP contribution >= 0.6 is 11.8 Å². The van der Waals surface area contributed by atoms with Gasteiger partial charge in [0.15, 0.2) is 0 Å². The van der Waals surface area contributed by atoms with E-state index in [0.717, 1.165) is 17.3 Å². The molecule has 2 rings (SSSR count). The molecule has 0 bridgehead atoms. The van der Waals surface area contributed by atoms with Gasteiger partial charge >= 0.3 is 5.97 Å². The second-order valence-corrected chi connectivity index (χ2v) is 4.71. The van der Waals surface area contributed by atoms with Crippen molar-refractivity contribution in [1.82, 2.24) is 0 Å². The van der Waals surface area contributed by atoms with E-state index in [1.54, 1.807) is 11.8 Å². The fourth-order valence-electron chi connectivity index (χ4n) is 1.70. The number of para-hydroxylation sites is 1. The van der Waals surface area contributed by atoms with Crippen molar-refractivity contribution < 1.29 is 14.3 Å². The Morgan fingerprint density at radius 2 is 2.06 bits per heavy atom. The Hall–Kier alpha value is -1.16. The van der Waals surface area contributed by atoms with Gasteiger partial charge in [-0.3, -0.25) is 4.79 Å². The number of rotatable bonds is 3. The van der Waals surface area contributed by atoms with E-state index in [0.29, 0.717) is 0 Å². The first-order valence-electron chi connectivity index (χ1n) is 5.18. The first-order valence-corrected chi connectivity index (χ1v) is 6.34. The average molecular weight is 238 g/mol. The summed E-state index contributed by atoms with van der Waals surface area (Å²) in [6.45, 7) is 0. The van der Waals surface area contributed by atoms with Crippen molar-refractivity contribution in [3.05, 3.63) is 30.3 Å². The van der Waals surface area contributed by atoms with Crippen LogP contribution in [0, 0.1) is 5.92 Å². The fourth-order valence-corrected chi connectivity index (χ4v) is 2.97. The highest BCUT2D eigenvalue weighted by Gasteiger charge is 2.36. The quantitative estimate of drug-likeness (QED) is 0.754. The van der Waals surface area contributed by atoms with Gasteiger partial charge in [0.05, 0.1) is 7.11 Å². The number of hydrogen-bond donors (Lipinski definition) is 0. The molecule has 2 unspecified atom stereocenters. The van der Waals surface area contributed by atoms with Crippen LogP contribution in [0.3, 0.4) is 0 Å². The maximum atomic E-state index is 11.5. The molecule has 1 saturated heterocycles. The number of carbonyl (C=O) groups is 1. The van der Waals surface area contributed by atoms with Crippen molar-refractivity contribution in [2.45, 2.75) is 6.10 Å². The number of ether oxygens (including phenoxy) is 2. The molecule has 86 valence electrons. The average Bonchev–Trinajstić information content (AvgIpc) is 2.77. The van der Waals surface area contributed by atoms with E-state index < -0.39 is 0 Å². The second kappa shape index (κ2) is 5.25. The molecule has 1 aliphatic heterocycles. The molecule has 0 amide bonds. The molecule has 0 spiro atoms. The Morgan fingerprint density at radius 3 is 2.75 bits per heavy atom. The monoisotopic (exact) mass is 238 g/mol. The highest BCUT2D eigenvalue weighted by atomic mass is 32.2. The van der Waals surface area contributed by atoms with Crippen LogP contribution < -0.4 is 4.74 Å². The second-order valence-electron chi connectivity index (χ2n) is 3.64. The molecule has 0 N–H and O–H groups in total. The summed E-state index contributed by atoms with van der Waals surface area (Å²) in [6, 6.07) is 9.58. The van der Waals surface area contributed by atoms with Gasteiger partial charge < -0.3 is 9.47 Å². The Kier molecular flexibility index (Phi) is 3.72. The van der Waals surface area contributed by atoms with Crippen molar-refractivity contribution in [3.63, 3.8) is 0 Å². The smallest absolute Gasteiger partial charge is 0.313 e. The fraction of sp³-hybridized carbons (Fsp3) is 0.417. The number of esters is 1. The minimum atomic E-state index is -0.175. The van der Waals surface area contributed by atoms with Gasteiger partial charge in [0.25, 0.3) is 0 Å². The summed E-state index contributed by atoms with van der Waals surface area (Å²) < 4.78 is 10.6. The summed E-state index contributed by atoms with van der Waals surface area (Å²) in [5.41, 5.74) is 0. The van der Waals surface area contributed by atoms with E-state index in [2.05, 4.69) is 0 Å². The highest BCUT2D eigenvalue weighted by Crippen LogP contribution is 2.29. The van der Waals surface area contributed by atoms with Gasteiger partial charge in [-0.25, -0.2) is 0 Å². The largest absolute Gasteiger partial charge is 0.489 e. The van der Waals surface area contributed by atoms with Crippen LogP contribution in [-0.4, -0.2) is 30.7 Å². The van der Waals surface area contributed by atoms with Crippen LogP contribution in [-0.2, 0) is 9.53 Å². The molecule has 0 aliphatic carbocycles. The number of benzene rings is 1. The van der Waals surface area contributed by atoms with Crippen LogP contribution in [0.2, 0.25) is 0 Å². The van der Waals surface area contributed by atoms with Crippen molar-refractivity contribution in [1.29, 1.82) is 0 Å². The highest BCUT2D eigenvalue weighted by molar-refractivity contribution is 7.99. The standard InChI is InChI=1S/C12H14O3S/c1-14-12(13)10-7-16-8-11(10)15-9-5-3-2-4-6-9/h2-6,10-11H,7-8H2,1H3. The van der Waals surface area contributed by atoms with Crippen molar-refractivity contribution in [2.24, 2.45) is 5.92 Å². The molecule has 1 aromatic carbocycles. The van der Waals surface area contributed by atoms with Crippen molar-refractivity contribution in [3.8, 4) is 5.75 Å². The minimum absolute atomic E-state index is 0.0696. The third kappa shape index (κ3) is 2.50. The molecule has 1 aromatic rings. The van der Waals surface area contributed by atoms with E-state index in [1.165, 1.54) is 7.11 Å². The van der Waals surface area contributed by atoms with Crippen LogP contribution in [0.5, 0.6) is 5.75 Å². The predicted molar refractivity (Wildman–Crippen MR) is 63.7 cm³/mol. The normalized spacial score (nSPS) is 24.1. The molecule has 1 fully saturated rings. The van der Waals surface area contributed by atoms with Gasteiger partial charge in [0.2, 0.25) is 0 Å². The van der Waals surface area contributed by atoms with Gasteiger partial charge in [0, 0.05) is 11.5 Å². The summed E-state index contributed by atoms with van der Waals surface area (Å²) >= 11 is 1.73. The number of carbonyl (C=O) groups excluding carboxylic acids is 1. The Balaban J connectivity index is 2.01. The SMILES string of the molecule is COC(=O)C1CSCC1Oc1ccccc1. The molecule has 0 saturated carbocycles. The predicted octanol–water partition coefficient (Wildman–Crippen LogP) is 1.97. The Bertz CT molecular complexity index is 353. The molecule has 1 heterocycles. The third-order valence-electron chi connectivity index (χ3n) is 2.56. The molecule has 16 heavy (non-hydrogen) atoms.